The average molecular weight is 251 g/mol. The lowest BCUT2D eigenvalue weighted by Gasteiger charge is -2.05. The molecule has 0 spiro atoms. The Morgan fingerprint density at radius 2 is 1.94 bits per heavy atom. The first-order valence-corrected chi connectivity index (χ1v) is 5.76. The topological polar surface area (TPSA) is 75.6 Å². The Morgan fingerprint density at radius 1 is 1.28 bits per heavy atom. The number of aliphatic carboxylic acids is 1. The predicted molar refractivity (Wildman–Crippen MR) is 66.6 cm³/mol. The number of nitrogens with one attached hydrogen (secondary N) is 1. The van der Waals surface area contributed by atoms with Crippen LogP contribution >= 0.6 is 0 Å². The molecule has 98 valence electrons. The summed E-state index contributed by atoms with van der Waals surface area (Å²) in [6, 6.07) is 7.28. The lowest BCUT2D eigenvalue weighted by molar-refractivity contribution is -0.139. The summed E-state index contributed by atoms with van der Waals surface area (Å²) in [4.78, 5) is 21.0. The first-order chi connectivity index (χ1) is 8.58. The molecule has 0 unspecified atom stereocenters. The molecule has 0 heterocycles. The third kappa shape index (κ3) is 5.89. The van der Waals surface area contributed by atoms with Gasteiger partial charge < -0.3 is 15.2 Å². The number of amides is 1. The molecule has 0 aliphatic rings. The van der Waals surface area contributed by atoms with E-state index >= 15 is 0 Å². The van der Waals surface area contributed by atoms with Crippen molar-refractivity contribution in [3.63, 3.8) is 0 Å². The van der Waals surface area contributed by atoms with E-state index in [1.54, 1.807) is 12.1 Å². The van der Waals surface area contributed by atoms with Crippen LogP contribution in [0.4, 0.5) is 0 Å². The summed E-state index contributed by atoms with van der Waals surface area (Å²) in [6.07, 6.45) is 1.73. The molecule has 2 N–H and O–H groups in total. The minimum Gasteiger partial charge on any atom is -0.482 e. The van der Waals surface area contributed by atoms with Gasteiger partial charge in [0.1, 0.15) is 5.75 Å². The molecule has 5 nitrogen and oxygen atoms in total. The molecule has 0 saturated heterocycles. The highest BCUT2D eigenvalue weighted by atomic mass is 16.5. The lowest BCUT2D eigenvalue weighted by Crippen LogP contribution is -2.21. The fourth-order valence-corrected chi connectivity index (χ4v) is 1.45. The Labute approximate surface area is 106 Å². The molecule has 0 aliphatic carbocycles. The molecule has 0 aromatic heterocycles. The highest BCUT2D eigenvalue weighted by molar-refractivity contribution is 5.72. The van der Waals surface area contributed by atoms with Crippen LogP contribution in [0.15, 0.2) is 24.3 Å². The number of carboxylic acid groups (broad SMARTS) is 1. The van der Waals surface area contributed by atoms with Gasteiger partial charge in [-0.1, -0.05) is 12.1 Å². The Hall–Kier alpha value is -2.04. The van der Waals surface area contributed by atoms with E-state index in [0.29, 0.717) is 12.3 Å². The van der Waals surface area contributed by atoms with Crippen LogP contribution in [0.1, 0.15) is 18.9 Å². The van der Waals surface area contributed by atoms with Gasteiger partial charge >= 0.3 is 5.97 Å². The SMILES string of the molecule is CC(=O)NCCCc1ccc(OCC(=O)O)cc1. The summed E-state index contributed by atoms with van der Waals surface area (Å²) >= 11 is 0. The Kier molecular flexibility index (Phi) is 5.70. The zero-order valence-electron chi connectivity index (χ0n) is 10.3. The zero-order valence-corrected chi connectivity index (χ0v) is 10.3. The molecule has 1 amide bonds. The van der Waals surface area contributed by atoms with Crippen molar-refractivity contribution < 1.29 is 19.4 Å². The number of aryl methyl sites for hydroxylation is 1. The zero-order chi connectivity index (χ0) is 13.4. The summed E-state index contributed by atoms with van der Waals surface area (Å²) in [5.41, 5.74) is 1.13. The van der Waals surface area contributed by atoms with E-state index in [4.69, 9.17) is 9.84 Å². The fraction of sp³-hybridized carbons (Fsp3) is 0.385. The second-order valence-corrected chi connectivity index (χ2v) is 3.91. The maximum absolute atomic E-state index is 10.7. The first kappa shape index (κ1) is 14.0. The largest absolute Gasteiger partial charge is 0.482 e. The van der Waals surface area contributed by atoms with Gasteiger partial charge in [-0.25, -0.2) is 4.79 Å². The molecule has 5 heteroatoms. The number of hydrogen-bond acceptors (Lipinski definition) is 3. The number of rotatable bonds is 7. The second kappa shape index (κ2) is 7.32. The molecule has 0 fully saturated rings. The van der Waals surface area contributed by atoms with Gasteiger partial charge in [-0.15, -0.1) is 0 Å². The van der Waals surface area contributed by atoms with Crippen LogP contribution in [0, 0.1) is 0 Å². The van der Waals surface area contributed by atoms with Crippen molar-refractivity contribution in [2.24, 2.45) is 0 Å². The van der Waals surface area contributed by atoms with E-state index < -0.39 is 5.97 Å². The molecule has 0 aliphatic heterocycles. The van der Waals surface area contributed by atoms with Crippen molar-refractivity contribution in [3.05, 3.63) is 29.8 Å². The van der Waals surface area contributed by atoms with E-state index in [1.807, 2.05) is 12.1 Å². The smallest absolute Gasteiger partial charge is 0.341 e. The monoisotopic (exact) mass is 251 g/mol. The molecule has 0 radical (unpaired) electrons. The summed E-state index contributed by atoms with van der Waals surface area (Å²) < 4.78 is 5.02. The Bertz CT molecular complexity index is 400. The normalized spacial score (nSPS) is 9.83. The van der Waals surface area contributed by atoms with Crippen LogP contribution in [0.2, 0.25) is 0 Å². The van der Waals surface area contributed by atoms with Gasteiger partial charge in [-0.3, -0.25) is 4.79 Å². The van der Waals surface area contributed by atoms with Crippen molar-refractivity contribution >= 4 is 11.9 Å². The highest BCUT2D eigenvalue weighted by Gasteiger charge is 1.99. The summed E-state index contributed by atoms with van der Waals surface area (Å²) in [6.45, 7) is 1.82. The molecule has 1 rings (SSSR count). The molecule has 1 aromatic carbocycles. The van der Waals surface area contributed by atoms with Crippen molar-refractivity contribution in [1.82, 2.24) is 5.32 Å². The van der Waals surface area contributed by atoms with Crippen molar-refractivity contribution in [2.45, 2.75) is 19.8 Å². The van der Waals surface area contributed by atoms with Gasteiger partial charge in [-0.2, -0.15) is 0 Å². The van der Waals surface area contributed by atoms with Crippen LogP contribution in [0.5, 0.6) is 5.75 Å². The number of hydrogen-bond donors (Lipinski definition) is 2. The molecule has 0 bridgehead atoms. The Balaban J connectivity index is 2.31. The average Bonchev–Trinajstić information content (AvgIpc) is 2.33. The van der Waals surface area contributed by atoms with Crippen molar-refractivity contribution in [1.29, 1.82) is 0 Å². The van der Waals surface area contributed by atoms with Gasteiger partial charge in [-0.05, 0) is 30.5 Å². The number of carboxylic acids is 1. The van der Waals surface area contributed by atoms with Crippen LogP contribution in [0.25, 0.3) is 0 Å². The van der Waals surface area contributed by atoms with E-state index in [2.05, 4.69) is 5.32 Å². The van der Waals surface area contributed by atoms with E-state index in [9.17, 15) is 9.59 Å². The number of carbonyl (C=O) groups is 2. The van der Waals surface area contributed by atoms with Gasteiger partial charge in [0.25, 0.3) is 0 Å². The Morgan fingerprint density at radius 3 is 2.50 bits per heavy atom. The lowest BCUT2D eigenvalue weighted by atomic mass is 10.1. The maximum Gasteiger partial charge on any atom is 0.341 e. The minimum atomic E-state index is -0.991. The molecule has 0 atom stereocenters. The van der Waals surface area contributed by atoms with Gasteiger partial charge in [0.05, 0.1) is 0 Å². The van der Waals surface area contributed by atoms with E-state index in [0.717, 1.165) is 18.4 Å². The molecule has 18 heavy (non-hydrogen) atoms. The molecule has 1 aromatic rings. The van der Waals surface area contributed by atoms with E-state index in [-0.39, 0.29) is 12.5 Å². The van der Waals surface area contributed by atoms with E-state index in [1.165, 1.54) is 6.92 Å². The quantitative estimate of drug-likeness (QED) is 0.714. The predicted octanol–water partition coefficient (Wildman–Crippen LogP) is 1.22. The summed E-state index contributed by atoms with van der Waals surface area (Å²) in [7, 11) is 0. The molecule has 0 saturated carbocycles. The molecular formula is C13H17NO4. The van der Waals surface area contributed by atoms with Crippen LogP contribution in [-0.2, 0) is 16.0 Å². The molecular weight excluding hydrogens is 234 g/mol. The fourth-order valence-electron chi connectivity index (χ4n) is 1.45. The van der Waals surface area contributed by atoms with Gasteiger partial charge in [0.2, 0.25) is 5.91 Å². The second-order valence-electron chi connectivity index (χ2n) is 3.91. The van der Waals surface area contributed by atoms with Gasteiger partial charge in [0, 0.05) is 13.5 Å². The number of carbonyl (C=O) groups excluding carboxylic acids is 1. The minimum absolute atomic E-state index is 0.0209. The summed E-state index contributed by atoms with van der Waals surface area (Å²) in [5.74, 6) is -0.468. The van der Waals surface area contributed by atoms with Crippen LogP contribution in [0.3, 0.4) is 0 Å². The number of ether oxygens (including phenoxy) is 1. The van der Waals surface area contributed by atoms with Crippen LogP contribution in [-0.4, -0.2) is 30.1 Å². The van der Waals surface area contributed by atoms with Crippen LogP contribution < -0.4 is 10.1 Å². The number of benzene rings is 1. The summed E-state index contributed by atoms with van der Waals surface area (Å²) in [5, 5.41) is 11.2. The first-order valence-electron chi connectivity index (χ1n) is 5.76. The van der Waals surface area contributed by atoms with Crippen molar-refractivity contribution in [2.75, 3.05) is 13.2 Å². The highest BCUT2D eigenvalue weighted by Crippen LogP contribution is 2.13. The maximum atomic E-state index is 10.7. The third-order valence-electron chi connectivity index (χ3n) is 2.30. The third-order valence-corrected chi connectivity index (χ3v) is 2.30. The van der Waals surface area contributed by atoms with Gasteiger partial charge in [0.15, 0.2) is 6.61 Å². The standard InChI is InChI=1S/C13H17NO4/c1-10(15)14-8-2-3-11-4-6-12(7-5-11)18-9-13(16)17/h4-7H,2-3,8-9H2,1H3,(H,14,15)(H,16,17). The van der Waals surface area contributed by atoms with Crippen molar-refractivity contribution in [3.8, 4) is 5.75 Å².